The van der Waals surface area contributed by atoms with Crippen LogP contribution in [0.4, 0.5) is 10.5 Å². The Balaban J connectivity index is 1.72. The van der Waals surface area contributed by atoms with Crippen LogP contribution in [0.1, 0.15) is 43.6 Å². The van der Waals surface area contributed by atoms with Crippen molar-refractivity contribution in [2.75, 3.05) is 11.9 Å². The Kier molecular flexibility index (Phi) is 6.69. The van der Waals surface area contributed by atoms with Crippen LogP contribution in [-0.4, -0.2) is 43.6 Å². The van der Waals surface area contributed by atoms with Crippen molar-refractivity contribution >= 4 is 17.7 Å². The van der Waals surface area contributed by atoms with E-state index in [2.05, 4.69) is 15.3 Å². The molecule has 0 radical (unpaired) electrons. The Morgan fingerprint density at radius 3 is 2.55 bits per heavy atom. The number of ether oxygens (including phenoxy) is 1. The Morgan fingerprint density at radius 1 is 1.16 bits per heavy atom. The molecule has 0 saturated carbocycles. The van der Waals surface area contributed by atoms with Crippen molar-refractivity contribution < 1.29 is 14.3 Å². The van der Waals surface area contributed by atoms with Gasteiger partial charge in [-0.1, -0.05) is 18.2 Å². The number of amides is 2. The second kappa shape index (κ2) is 9.42. The molecule has 162 valence electrons. The first-order valence-electron chi connectivity index (χ1n) is 10.1. The number of hydrogen-bond donors (Lipinski definition) is 1. The van der Waals surface area contributed by atoms with E-state index in [0.717, 1.165) is 5.56 Å². The minimum Gasteiger partial charge on any atom is -0.444 e. The number of imidazole rings is 1. The van der Waals surface area contributed by atoms with Gasteiger partial charge in [-0.15, -0.1) is 0 Å². The van der Waals surface area contributed by atoms with E-state index in [9.17, 15) is 9.59 Å². The summed E-state index contributed by atoms with van der Waals surface area (Å²) in [6.07, 6.45) is 6.21. The van der Waals surface area contributed by atoms with Gasteiger partial charge in [0.2, 0.25) is 0 Å². The third-order valence-corrected chi connectivity index (χ3v) is 4.44. The van der Waals surface area contributed by atoms with Crippen LogP contribution in [0.5, 0.6) is 0 Å². The van der Waals surface area contributed by atoms with Gasteiger partial charge >= 0.3 is 6.09 Å². The van der Waals surface area contributed by atoms with Crippen LogP contribution < -0.4 is 5.32 Å². The van der Waals surface area contributed by atoms with Gasteiger partial charge in [0.25, 0.3) is 5.91 Å². The zero-order chi connectivity index (χ0) is 22.4. The fraction of sp³-hybridized carbons (Fsp3) is 0.304. The fourth-order valence-electron chi connectivity index (χ4n) is 2.88. The number of aromatic nitrogens is 3. The largest absolute Gasteiger partial charge is 0.444 e. The minimum atomic E-state index is -0.575. The summed E-state index contributed by atoms with van der Waals surface area (Å²) >= 11 is 0. The van der Waals surface area contributed by atoms with Crippen LogP contribution in [-0.2, 0) is 11.3 Å². The van der Waals surface area contributed by atoms with E-state index in [1.54, 1.807) is 40.3 Å². The van der Waals surface area contributed by atoms with Crippen molar-refractivity contribution in [3.8, 4) is 5.82 Å². The first-order chi connectivity index (χ1) is 14.8. The topological polar surface area (TPSA) is 89.4 Å². The maximum Gasteiger partial charge on any atom is 0.410 e. The van der Waals surface area contributed by atoms with Gasteiger partial charge in [0.15, 0.2) is 0 Å². The summed E-state index contributed by atoms with van der Waals surface area (Å²) in [5.41, 5.74) is 1.30. The average Bonchev–Trinajstić information content (AvgIpc) is 3.26. The normalized spacial score (nSPS) is 11.1. The predicted molar refractivity (Wildman–Crippen MR) is 118 cm³/mol. The van der Waals surface area contributed by atoms with E-state index in [4.69, 9.17) is 4.74 Å². The van der Waals surface area contributed by atoms with Crippen LogP contribution in [0.2, 0.25) is 0 Å². The zero-order valence-corrected chi connectivity index (χ0v) is 18.2. The molecule has 0 spiro atoms. The SMILES string of the molecule is CCN(Cc1ccccc1NC(=O)c1ccc(-n2ccnc2)nc1)C(=O)OC(C)(C)C. The van der Waals surface area contributed by atoms with Crippen molar-refractivity contribution in [1.82, 2.24) is 19.4 Å². The van der Waals surface area contributed by atoms with E-state index in [0.29, 0.717) is 30.2 Å². The molecule has 2 amide bonds. The molecule has 1 N–H and O–H groups in total. The van der Waals surface area contributed by atoms with E-state index in [-0.39, 0.29) is 5.91 Å². The lowest BCUT2D eigenvalue weighted by Crippen LogP contribution is -2.36. The molecule has 0 aliphatic heterocycles. The molecule has 3 aromatic rings. The van der Waals surface area contributed by atoms with Crippen molar-refractivity contribution in [2.24, 2.45) is 0 Å². The molecule has 31 heavy (non-hydrogen) atoms. The van der Waals surface area contributed by atoms with Gasteiger partial charge < -0.3 is 15.0 Å². The number of para-hydroxylation sites is 1. The molecule has 0 fully saturated rings. The highest BCUT2D eigenvalue weighted by Crippen LogP contribution is 2.20. The molecule has 0 saturated heterocycles. The lowest BCUT2D eigenvalue weighted by molar-refractivity contribution is 0.0245. The van der Waals surface area contributed by atoms with Crippen LogP contribution in [0.3, 0.4) is 0 Å². The number of benzene rings is 1. The van der Waals surface area contributed by atoms with E-state index in [1.807, 2.05) is 52.0 Å². The highest BCUT2D eigenvalue weighted by Gasteiger charge is 2.22. The van der Waals surface area contributed by atoms with E-state index < -0.39 is 11.7 Å². The van der Waals surface area contributed by atoms with Crippen molar-refractivity contribution in [1.29, 1.82) is 0 Å². The van der Waals surface area contributed by atoms with Crippen LogP contribution in [0, 0.1) is 0 Å². The van der Waals surface area contributed by atoms with Crippen LogP contribution >= 0.6 is 0 Å². The summed E-state index contributed by atoms with van der Waals surface area (Å²) in [4.78, 5) is 35.1. The van der Waals surface area contributed by atoms with Gasteiger partial charge in [-0.3, -0.25) is 9.36 Å². The third kappa shape index (κ3) is 5.91. The third-order valence-electron chi connectivity index (χ3n) is 4.44. The quantitative estimate of drug-likeness (QED) is 0.642. The summed E-state index contributed by atoms with van der Waals surface area (Å²) < 4.78 is 7.24. The number of pyridine rings is 1. The van der Waals surface area contributed by atoms with Gasteiger partial charge in [-0.05, 0) is 51.5 Å². The summed E-state index contributed by atoms with van der Waals surface area (Å²) in [6, 6.07) is 10.9. The highest BCUT2D eigenvalue weighted by molar-refractivity contribution is 6.04. The molecule has 0 unspecified atom stereocenters. The fourth-order valence-corrected chi connectivity index (χ4v) is 2.88. The second-order valence-corrected chi connectivity index (χ2v) is 7.98. The Morgan fingerprint density at radius 2 is 1.94 bits per heavy atom. The summed E-state index contributed by atoms with van der Waals surface area (Å²) in [5, 5.41) is 2.92. The monoisotopic (exact) mass is 421 g/mol. The lowest BCUT2D eigenvalue weighted by Gasteiger charge is -2.27. The van der Waals surface area contributed by atoms with Crippen molar-refractivity contribution in [3.05, 3.63) is 72.4 Å². The standard InChI is InChI=1S/C23H27N5O3/c1-5-27(22(30)31-23(2,3)4)15-18-8-6-7-9-19(18)26-21(29)17-10-11-20(25-14-17)28-13-12-24-16-28/h6-14,16H,5,15H2,1-4H3,(H,26,29). The van der Waals surface area contributed by atoms with Crippen LogP contribution in [0.25, 0.3) is 5.82 Å². The Bertz CT molecular complexity index is 1020. The van der Waals surface area contributed by atoms with Crippen molar-refractivity contribution in [3.63, 3.8) is 0 Å². The maximum atomic E-state index is 12.8. The van der Waals surface area contributed by atoms with Gasteiger partial charge in [-0.25, -0.2) is 14.8 Å². The highest BCUT2D eigenvalue weighted by atomic mass is 16.6. The number of nitrogens with zero attached hydrogens (tertiary/aromatic N) is 4. The minimum absolute atomic E-state index is 0.280. The first-order valence-corrected chi connectivity index (χ1v) is 10.1. The number of rotatable bonds is 6. The molecule has 2 aromatic heterocycles. The lowest BCUT2D eigenvalue weighted by atomic mass is 10.1. The zero-order valence-electron chi connectivity index (χ0n) is 18.2. The molecule has 8 heteroatoms. The first kappa shape index (κ1) is 22.0. The molecular weight excluding hydrogens is 394 g/mol. The predicted octanol–water partition coefficient (Wildman–Crippen LogP) is 4.28. The molecule has 1 aromatic carbocycles. The molecule has 0 bridgehead atoms. The Hall–Kier alpha value is -3.68. The molecule has 0 atom stereocenters. The summed E-state index contributed by atoms with van der Waals surface area (Å²) in [5.74, 6) is 0.392. The van der Waals surface area contributed by atoms with Crippen molar-refractivity contribution in [2.45, 2.75) is 39.8 Å². The van der Waals surface area contributed by atoms with E-state index >= 15 is 0 Å². The van der Waals surface area contributed by atoms with Gasteiger partial charge in [0.05, 0.1) is 12.1 Å². The van der Waals surface area contributed by atoms with E-state index in [1.165, 1.54) is 6.20 Å². The number of anilines is 1. The van der Waals surface area contributed by atoms with Crippen LogP contribution in [0.15, 0.2) is 61.3 Å². The maximum absolute atomic E-state index is 12.8. The number of carbonyl (C=O) groups is 2. The molecule has 0 aliphatic rings. The average molecular weight is 422 g/mol. The number of hydrogen-bond acceptors (Lipinski definition) is 5. The summed E-state index contributed by atoms with van der Waals surface area (Å²) in [6.45, 7) is 8.19. The second-order valence-electron chi connectivity index (χ2n) is 7.98. The smallest absolute Gasteiger partial charge is 0.410 e. The summed E-state index contributed by atoms with van der Waals surface area (Å²) in [7, 11) is 0. The molecule has 3 rings (SSSR count). The van der Waals surface area contributed by atoms with Gasteiger partial charge in [0.1, 0.15) is 17.7 Å². The van der Waals surface area contributed by atoms with Gasteiger partial charge in [0, 0.05) is 30.8 Å². The number of nitrogens with one attached hydrogen (secondary N) is 1. The molecular formula is C23H27N5O3. The van der Waals surface area contributed by atoms with Gasteiger partial charge in [-0.2, -0.15) is 0 Å². The number of carbonyl (C=O) groups excluding carboxylic acids is 2. The Labute approximate surface area is 181 Å². The molecule has 2 heterocycles. The molecule has 8 nitrogen and oxygen atoms in total. The molecule has 0 aliphatic carbocycles.